The van der Waals surface area contributed by atoms with E-state index in [0.29, 0.717) is 16.8 Å². The molecule has 2 saturated heterocycles. The highest BCUT2D eigenvalue weighted by molar-refractivity contribution is 5.71. The summed E-state index contributed by atoms with van der Waals surface area (Å²) in [6.45, 7) is 4.77. The Kier molecular flexibility index (Phi) is 3.38. The molecule has 1 spiro atoms. The van der Waals surface area contributed by atoms with Crippen molar-refractivity contribution < 1.29 is 9.18 Å². The molecule has 0 bridgehead atoms. The van der Waals surface area contributed by atoms with Gasteiger partial charge >= 0.3 is 0 Å². The minimum absolute atomic E-state index is 0.139. The fraction of sp³-hybridized carbons (Fsp3) is 0.333. The van der Waals surface area contributed by atoms with Crippen molar-refractivity contribution in [2.24, 2.45) is 5.41 Å². The smallest absolute Gasteiger partial charge is 0.168 e. The summed E-state index contributed by atoms with van der Waals surface area (Å²) in [5.74, 6) is -0.139. The largest absolute Gasteiger partial charge is 0.368 e. The standard InChI is InChI=1S/C18H18FN3O/c19-16-3-1-2-4-17(16)22-12-18(13-22)10-21(11-18)8-14-5-6-15(9-23)20-7-14/h1-7,9H,8,10-13H2. The lowest BCUT2D eigenvalue weighted by Gasteiger charge is -2.61. The second-order valence-electron chi connectivity index (χ2n) is 6.66. The lowest BCUT2D eigenvalue weighted by atomic mass is 9.72. The van der Waals surface area contributed by atoms with Crippen molar-refractivity contribution in [3.8, 4) is 0 Å². The van der Waals surface area contributed by atoms with E-state index in [1.54, 1.807) is 18.3 Å². The predicted octanol–water partition coefficient (Wildman–Crippen LogP) is 2.36. The fourth-order valence-electron chi connectivity index (χ4n) is 3.71. The van der Waals surface area contributed by atoms with Gasteiger partial charge in [-0.25, -0.2) is 4.39 Å². The molecule has 0 radical (unpaired) electrons. The average Bonchev–Trinajstić information content (AvgIpc) is 2.50. The van der Waals surface area contributed by atoms with Gasteiger partial charge in [0.15, 0.2) is 6.29 Å². The molecule has 0 atom stereocenters. The van der Waals surface area contributed by atoms with E-state index in [0.717, 1.165) is 44.6 Å². The second-order valence-corrected chi connectivity index (χ2v) is 6.66. The van der Waals surface area contributed by atoms with Crippen molar-refractivity contribution in [3.05, 3.63) is 59.7 Å². The summed E-state index contributed by atoms with van der Waals surface area (Å²) in [4.78, 5) is 19.2. The van der Waals surface area contributed by atoms with Crippen LogP contribution in [0.4, 0.5) is 10.1 Å². The maximum atomic E-state index is 13.8. The zero-order valence-corrected chi connectivity index (χ0v) is 12.8. The summed E-state index contributed by atoms with van der Waals surface area (Å²) in [5.41, 5.74) is 2.62. The van der Waals surface area contributed by atoms with Crippen molar-refractivity contribution in [2.75, 3.05) is 31.1 Å². The molecule has 2 aliphatic rings. The summed E-state index contributed by atoms with van der Waals surface area (Å²) < 4.78 is 13.8. The van der Waals surface area contributed by atoms with Gasteiger partial charge in [0, 0.05) is 44.3 Å². The minimum atomic E-state index is -0.139. The number of aldehydes is 1. The SMILES string of the molecule is O=Cc1ccc(CN2CC3(C2)CN(c2ccccc2F)C3)cn1. The number of carbonyl (C=O) groups is 1. The average molecular weight is 311 g/mol. The maximum absolute atomic E-state index is 13.8. The summed E-state index contributed by atoms with van der Waals surface area (Å²) in [6, 6.07) is 10.7. The van der Waals surface area contributed by atoms with Crippen LogP contribution in [-0.2, 0) is 6.54 Å². The van der Waals surface area contributed by atoms with Crippen molar-refractivity contribution in [1.29, 1.82) is 0 Å². The summed E-state index contributed by atoms with van der Waals surface area (Å²) in [6.07, 6.45) is 2.52. The van der Waals surface area contributed by atoms with Crippen molar-refractivity contribution in [1.82, 2.24) is 9.88 Å². The van der Waals surface area contributed by atoms with E-state index in [-0.39, 0.29) is 5.82 Å². The molecule has 0 amide bonds. The van der Waals surface area contributed by atoms with Crippen LogP contribution in [0.15, 0.2) is 42.6 Å². The molecule has 0 N–H and O–H groups in total. The van der Waals surface area contributed by atoms with Gasteiger partial charge < -0.3 is 4.90 Å². The van der Waals surface area contributed by atoms with Gasteiger partial charge in [0.05, 0.1) is 5.69 Å². The Morgan fingerprint density at radius 2 is 1.91 bits per heavy atom. The van der Waals surface area contributed by atoms with Crippen LogP contribution in [0.1, 0.15) is 16.1 Å². The van der Waals surface area contributed by atoms with E-state index in [4.69, 9.17) is 0 Å². The molecule has 23 heavy (non-hydrogen) atoms. The van der Waals surface area contributed by atoms with Gasteiger partial charge in [-0.05, 0) is 23.8 Å². The number of likely N-dealkylation sites (tertiary alicyclic amines) is 1. The van der Waals surface area contributed by atoms with Gasteiger partial charge in [-0.3, -0.25) is 14.7 Å². The zero-order valence-electron chi connectivity index (χ0n) is 12.8. The van der Waals surface area contributed by atoms with E-state index in [2.05, 4.69) is 14.8 Å². The van der Waals surface area contributed by atoms with Crippen molar-refractivity contribution in [3.63, 3.8) is 0 Å². The number of anilines is 1. The number of para-hydroxylation sites is 1. The molecule has 2 aromatic rings. The first-order valence-electron chi connectivity index (χ1n) is 7.79. The number of aromatic nitrogens is 1. The molecule has 4 nitrogen and oxygen atoms in total. The van der Waals surface area contributed by atoms with Gasteiger partial charge in [-0.2, -0.15) is 0 Å². The molecule has 0 aliphatic carbocycles. The van der Waals surface area contributed by atoms with Crippen LogP contribution in [0.25, 0.3) is 0 Å². The Bertz CT molecular complexity index is 717. The molecule has 1 aromatic heterocycles. The van der Waals surface area contributed by atoms with Crippen LogP contribution in [0.2, 0.25) is 0 Å². The quantitative estimate of drug-likeness (QED) is 0.812. The Morgan fingerprint density at radius 1 is 1.13 bits per heavy atom. The van der Waals surface area contributed by atoms with Gasteiger partial charge in [-0.1, -0.05) is 18.2 Å². The molecule has 2 fully saturated rings. The topological polar surface area (TPSA) is 36.4 Å². The van der Waals surface area contributed by atoms with Gasteiger partial charge in [0.1, 0.15) is 11.5 Å². The number of hydrogen-bond donors (Lipinski definition) is 0. The number of hydrogen-bond acceptors (Lipinski definition) is 4. The molecule has 2 aliphatic heterocycles. The Labute approximate surface area is 134 Å². The van der Waals surface area contributed by atoms with Gasteiger partial charge in [0.2, 0.25) is 0 Å². The number of nitrogens with zero attached hydrogens (tertiary/aromatic N) is 3. The Hall–Kier alpha value is -2.27. The van der Waals surface area contributed by atoms with Gasteiger partial charge in [-0.15, -0.1) is 0 Å². The van der Waals surface area contributed by atoms with Crippen LogP contribution in [0.3, 0.4) is 0 Å². The summed E-state index contributed by atoms with van der Waals surface area (Å²) >= 11 is 0. The molecule has 0 saturated carbocycles. The molecule has 118 valence electrons. The highest BCUT2D eigenvalue weighted by Gasteiger charge is 2.51. The van der Waals surface area contributed by atoms with Crippen LogP contribution >= 0.6 is 0 Å². The lowest BCUT2D eigenvalue weighted by molar-refractivity contribution is -0.0276. The third kappa shape index (κ3) is 2.61. The third-order valence-corrected chi connectivity index (χ3v) is 4.74. The summed E-state index contributed by atoms with van der Waals surface area (Å²) in [7, 11) is 0. The minimum Gasteiger partial charge on any atom is -0.368 e. The highest BCUT2D eigenvalue weighted by atomic mass is 19.1. The van der Waals surface area contributed by atoms with Crippen molar-refractivity contribution >= 4 is 12.0 Å². The van der Waals surface area contributed by atoms with Gasteiger partial charge in [0.25, 0.3) is 0 Å². The predicted molar refractivity (Wildman–Crippen MR) is 85.9 cm³/mol. The highest BCUT2D eigenvalue weighted by Crippen LogP contribution is 2.42. The maximum Gasteiger partial charge on any atom is 0.168 e. The Morgan fingerprint density at radius 3 is 2.57 bits per heavy atom. The van der Waals surface area contributed by atoms with E-state index in [9.17, 15) is 9.18 Å². The Balaban J connectivity index is 1.31. The number of rotatable bonds is 4. The van der Waals surface area contributed by atoms with Crippen LogP contribution in [0.5, 0.6) is 0 Å². The lowest BCUT2D eigenvalue weighted by Crippen LogP contribution is -2.72. The third-order valence-electron chi connectivity index (χ3n) is 4.74. The van der Waals surface area contributed by atoms with Crippen LogP contribution < -0.4 is 4.90 Å². The molecule has 1 aromatic carbocycles. The molecule has 4 rings (SSSR count). The molecule has 3 heterocycles. The second kappa shape index (κ2) is 5.42. The van der Waals surface area contributed by atoms with Crippen LogP contribution in [-0.4, -0.2) is 42.3 Å². The first-order chi connectivity index (χ1) is 11.2. The van der Waals surface area contributed by atoms with E-state index < -0.39 is 0 Å². The number of halogens is 1. The normalized spacial score (nSPS) is 19.3. The van der Waals surface area contributed by atoms with E-state index in [1.807, 2.05) is 18.2 Å². The van der Waals surface area contributed by atoms with Crippen LogP contribution in [0, 0.1) is 11.2 Å². The molecular formula is C18H18FN3O. The summed E-state index contributed by atoms with van der Waals surface area (Å²) in [5, 5.41) is 0. The first-order valence-corrected chi connectivity index (χ1v) is 7.79. The zero-order chi connectivity index (χ0) is 15.9. The van der Waals surface area contributed by atoms with E-state index in [1.165, 1.54) is 6.07 Å². The molecular weight excluding hydrogens is 293 g/mol. The fourth-order valence-corrected chi connectivity index (χ4v) is 3.71. The van der Waals surface area contributed by atoms with Crippen molar-refractivity contribution in [2.45, 2.75) is 6.54 Å². The number of carbonyl (C=O) groups excluding carboxylic acids is 1. The first kappa shape index (κ1) is 14.3. The number of benzene rings is 1. The van der Waals surface area contributed by atoms with E-state index >= 15 is 0 Å². The monoisotopic (exact) mass is 311 g/mol. The molecule has 0 unspecified atom stereocenters. The number of pyridine rings is 1. The molecule has 5 heteroatoms.